The first kappa shape index (κ1) is 13.1. The molecule has 74 valence electrons. The maximum atomic E-state index is 5.67. The van der Waals surface area contributed by atoms with Gasteiger partial charge in [-0.05, 0) is 46.6 Å². The van der Waals surface area contributed by atoms with Crippen molar-refractivity contribution in [1.29, 1.82) is 0 Å². The SMILES string of the molecule is CCCC(CCC)N=P(Cl)(Cl)Cl. The molecule has 0 N–H and O–H groups in total. The van der Waals surface area contributed by atoms with Crippen molar-refractivity contribution in [2.75, 3.05) is 0 Å². The van der Waals surface area contributed by atoms with Crippen molar-refractivity contribution in [1.82, 2.24) is 0 Å². The Labute approximate surface area is 89.2 Å². The second-order valence-electron chi connectivity index (χ2n) is 2.77. The lowest BCUT2D eigenvalue weighted by Gasteiger charge is -2.11. The summed E-state index contributed by atoms with van der Waals surface area (Å²) in [4.78, 5) is 0. The molecule has 1 nitrogen and oxygen atoms in total. The third kappa shape index (κ3) is 7.73. The monoisotopic (exact) mass is 249 g/mol. The van der Waals surface area contributed by atoms with E-state index in [0.717, 1.165) is 25.7 Å². The van der Waals surface area contributed by atoms with Crippen molar-refractivity contribution < 1.29 is 0 Å². The number of nitrogens with zero attached hydrogens (tertiary/aromatic N) is 1. The van der Waals surface area contributed by atoms with Gasteiger partial charge in [0.15, 0.2) is 0 Å². The summed E-state index contributed by atoms with van der Waals surface area (Å²) >= 11 is 17.0. The average Bonchev–Trinajstić information content (AvgIpc) is 1.84. The number of hydrogen-bond acceptors (Lipinski definition) is 1. The van der Waals surface area contributed by atoms with Gasteiger partial charge in [0.25, 0.3) is 0 Å². The maximum absolute atomic E-state index is 5.67. The predicted molar refractivity (Wildman–Crippen MR) is 60.5 cm³/mol. The normalized spacial score (nSPS) is 12.2. The highest BCUT2D eigenvalue weighted by molar-refractivity contribution is 8.26. The summed E-state index contributed by atoms with van der Waals surface area (Å²) < 4.78 is 4.20. The molecule has 0 saturated heterocycles. The minimum absolute atomic E-state index is 0.251. The Bertz CT molecular complexity index is 152. The van der Waals surface area contributed by atoms with Crippen LogP contribution in [-0.4, -0.2) is 6.04 Å². The van der Waals surface area contributed by atoms with Crippen molar-refractivity contribution in [3.05, 3.63) is 0 Å². The van der Waals surface area contributed by atoms with Crippen LogP contribution in [-0.2, 0) is 0 Å². The number of hydrogen-bond donors (Lipinski definition) is 0. The molecule has 0 aromatic heterocycles. The Morgan fingerprint density at radius 2 is 1.50 bits per heavy atom. The van der Waals surface area contributed by atoms with Crippen LogP contribution in [0.5, 0.6) is 0 Å². The van der Waals surface area contributed by atoms with Gasteiger partial charge in [-0.15, -0.1) is 0 Å². The van der Waals surface area contributed by atoms with Crippen molar-refractivity contribution >= 4 is 38.8 Å². The molecule has 0 aliphatic carbocycles. The molecule has 0 rings (SSSR count). The van der Waals surface area contributed by atoms with Gasteiger partial charge in [-0.2, -0.15) is 0 Å². The van der Waals surface area contributed by atoms with Gasteiger partial charge in [0, 0.05) is 0 Å². The first-order chi connectivity index (χ1) is 5.49. The minimum atomic E-state index is -2.49. The highest BCUT2D eigenvalue weighted by Crippen LogP contribution is 2.65. The van der Waals surface area contributed by atoms with Crippen LogP contribution in [0.2, 0.25) is 0 Å². The summed E-state index contributed by atoms with van der Waals surface area (Å²) in [6, 6.07) is 0.251. The first-order valence-electron chi connectivity index (χ1n) is 4.20. The third-order valence-corrected chi connectivity index (χ3v) is 2.91. The molecule has 0 amide bonds. The molecular weight excluding hydrogens is 235 g/mol. The smallest absolute Gasteiger partial charge is 0.224 e. The summed E-state index contributed by atoms with van der Waals surface area (Å²) in [5.74, 6) is 0. The topological polar surface area (TPSA) is 12.4 Å². The summed E-state index contributed by atoms with van der Waals surface area (Å²) in [6.07, 6.45) is 4.25. The van der Waals surface area contributed by atoms with Crippen LogP contribution in [0.4, 0.5) is 0 Å². The summed E-state index contributed by atoms with van der Waals surface area (Å²) in [5.41, 5.74) is 0. The van der Waals surface area contributed by atoms with Gasteiger partial charge in [-0.1, -0.05) is 26.7 Å². The lowest BCUT2D eigenvalue weighted by molar-refractivity contribution is 0.561. The largest absolute Gasteiger partial charge is 0.258 e. The molecule has 0 saturated carbocycles. The second-order valence-corrected chi connectivity index (χ2v) is 9.79. The van der Waals surface area contributed by atoms with Gasteiger partial charge in [0.05, 0.1) is 6.04 Å². The summed E-state index contributed by atoms with van der Waals surface area (Å²) in [6.45, 7) is 4.24. The quantitative estimate of drug-likeness (QED) is 0.562. The van der Waals surface area contributed by atoms with E-state index >= 15 is 0 Å². The lowest BCUT2D eigenvalue weighted by atomic mass is 10.1. The van der Waals surface area contributed by atoms with Crippen molar-refractivity contribution in [2.24, 2.45) is 4.74 Å². The molecular formula is C7H15Cl3NP. The van der Waals surface area contributed by atoms with Crippen LogP contribution in [0.3, 0.4) is 0 Å². The standard InChI is InChI=1S/C7H15Cl3NP/c1-3-5-7(6-4-2)11-12(8,9)10/h7H,3-6H2,1-2H3. The highest BCUT2D eigenvalue weighted by atomic mass is 36.0. The zero-order chi connectivity index (χ0) is 9.61. The van der Waals surface area contributed by atoms with Crippen LogP contribution in [0, 0.1) is 0 Å². The molecule has 0 bridgehead atoms. The van der Waals surface area contributed by atoms with E-state index in [1.165, 1.54) is 0 Å². The molecule has 0 atom stereocenters. The molecule has 0 fully saturated rings. The fourth-order valence-corrected chi connectivity index (χ4v) is 2.82. The van der Waals surface area contributed by atoms with Gasteiger partial charge in [0.2, 0.25) is 5.11 Å². The molecule has 0 heterocycles. The zero-order valence-corrected chi connectivity index (χ0v) is 10.6. The minimum Gasteiger partial charge on any atom is -0.258 e. The molecule has 12 heavy (non-hydrogen) atoms. The van der Waals surface area contributed by atoms with Crippen molar-refractivity contribution in [3.8, 4) is 0 Å². The average molecular weight is 251 g/mol. The van der Waals surface area contributed by atoms with Crippen molar-refractivity contribution in [2.45, 2.75) is 45.6 Å². The van der Waals surface area contributed by atoms with Gasteiger partial charge in [0.1, 0.15) is 0 Å². The van der Waals surface area contributed by atoms with E-state index in [0.29, 0.717) is 0 Å². The Kier molecular flexibility index (Phi) is 7.14. The molecule has 0 aromatic rings. The van der Waals surface area contributed by atoms with E-state index in [2.05, 4.69) is 18.6 Å². The Morgan fingerprint density at radius 1 is 1.08 bits per heavy atom. The maximum Gasteiger partial charge on any atom is 0.224 e. The van der Waals surface area contributed by atoms with E-state index in [1.807, 2.05) is 0 Å². The molecule has 0 radical (unpaired) electrons. The van der Waals surface area contributed by atoms with E-state index < -0.39 is 5.11 Å². The van der Waals surface area contributed by atoms with Crippen LogP contribution in [0.1, 0.15) is 39.5 Å². The lowest BCUT2D eigenvalue weighted by Crippen LogP contribution is -2.01. The van der Waals surface area contributed by atoms with Gasteiger partial charge < -0.3 is 0 Å². The van der Waals surface area contributed by atoms with Crippen LogP contribution < -0.4 is 0 Å². The zero-order valence-electron chi connectivity index (χ0n) is 7.43. The Balaban J connectivity index is 4.12. The van der Waals surface area contributed by atoms with E-state index in [-0.39, 0.29) is 6.04 Å². The van der Waals surface area contributed by atoms with Gasteiger partial charge in [-0.25, -0.2) is 0 Å². The number of rotatable bonds is 5. The Morgan fingerprint density at radius 3 is 1.75 bits per heavy atom. The molecule has 0 aromatic carbocycles. The number of halogens is 3. The summed E-state index contributed by atoms with van der Waals surface area (Å²) in [7, 11) is 0. The molecule has 5 heteroatoms. The van der Waals surface area contributed by atoms with Crippen molar-refractivity contribution in [3.63, 3.8) is 0 Å². The summed E-state index contributed by atoms with van der Waals surface area (Å²) in [5, 5.41) is -2.49. The molecule has 0 unspecified atom stereocenters. The molecule has 0 aliphatic rings. The van der Waals surface area contributed by atoms with Crippen LogP contribution in [0.25, 0.3) is 0 Å². The fraction of sp³-hybridized carbons (Fsp3) is 1.00. The fourth-order valence-electron chi connectivity index (χ4n) is 1.11. The Hall–Kier alpha value is 1.10. The van der Waals surface area contributed by atoms with Gasteiger partial charge in [-0.3, -0.25) is 4.74 Å². The van der Waals surface area contributed by atoms with Gasteiger partial charge >= 0.3 is 0 Å². The van der Waals surface area contributed by atoms with E-state index in [4.69, 9.17) is 33.7 Å². The molecule has 0 aliphatic heterocycles. The third-order valence-electron chi connectivity index (χ3n) is 1.54. The first-order valence-corrected chi connectivity index (χ1v) is 8.65. The van der Waals surface area contributed by atoms with E-state index in [1.54, 1.807) is 0 Å². The highest BCUT2D eigenvalue weighted by Gasteiger charge is 2.11. The molecule has 0 spiro atoms. The second kappa shape index (κ2) is 6.54. The van der Waals surface area contributed by atoms with Crippen LogP contribution >= 0.6 is 38.8 Å². The predicted octanol–water partition coefficient (Wildman–Crippen LogP) is 5.62. The van der Waals surface area contributed by atoms with E-state index in [9.17, 15) is 0 Å². The van der Waals surface area contributed by atoms with Crippen LogP contribution in [0.15, 0.2) is 4.74 Å².